The highest BCUT2D eigenvalue weighted by molar-refractivity contribution is 6.07. The molecule has 0 saturated carbocycles. The van der Waals surface area contributed by atoms with Gasteiger partial charge in [0.05, 0.1) is 17.0 Å². The van der Waals surface area contributed by atoms with Gasteiger partial charge in [0, 0.05) is 0 Å². The zero-order valence-corrected chi connectivity index (χ0v) is 12.0. The van der Waals surface area contributed by atoms with Gasteiger partial charge in [-0.05, 0) is 31.2 Å². The van der Waals surface area contributed by atoms with Crippen LogP contribution in [0.1, 0.15) is 35.3 Å². The monoisotopic (exact) mass is 284 g/mol. The van der Waals surface area contributed by atoms with Crippen molar-refractivity contribution in [3.63, 3.8) is 0 Å². The summed E-state index contributed by atoms with van der Waals surface area (Å²) in [5.74, 6) is 1.85. The summed E-state index contributed by atoms with van der Waals surface area (Å²) in [5.41, 5.74) is 2.25. The first-order chi connectivity index (χ1) is 10.2. The molecule has 0 bridgehead atoms. The first-order valence-corrected chi connectivity index (χ1v) is 7.22. The first kappa shape index (κ1) is 12.5. The fraction of sp³-hybridized carbons (Fsp3) is 0.353. The number of Topliss-reactive ketones (excluding diaryl/α,β-unsaturated/α-hetero) is 1. The Morgan fingerprint density at radius 1 is 0.952 bits per heavy atom. The molecule has 0 radical (unpaired) electrons. The molecule has 108 valence electrons. The Kier molecular flexibility index (Phi) is 2.61. The van der Waals surface area contributed by atoms with Crippen LogP contribution in [0.25, 0.3) is 12.2 Å². The number of hydrogen-bond donors (Lipinski definition) is 0. The van der Waals surface area contributed by atoms with E-state index < -0.39 is 0 Å². The molecule has 3 aliphatic heterocycles. The van der Waals surface area contributed by atoms with Crippen LogP contribution in [-0.2, 0) is 0 Å². The third-order valence-corrected chi connectivity index (χ3v) is 4.32. The number of carbonyl (C=O) groups excluding carboxylic acids is 1. The van der Waals surface area contributed by atoms with E-state index in [1.807, 2.05) is 38.2 Å². The first-order valence-electron chi connectivity index (χ1n) is 7.22. The highest BCUT2D eigenvalue weighted by Gasteiger charge is 2.39. The number of rotatable bonds is 0. The fourth-order valence-corrected chi connectivity index (χ4v) is 3.00. The van der Waals surface area contributed by atoms with E-state index in [4.69, 9.17) is 14.2 Å². The molecule has 0 N–H and O–H groups in total. The van der Waals surface area contributed by atoms with E-state index >= 15 is 0 Å². The normalized spacial score (nSPS) is 25.1. The largest absolute Gasteiger partial charge is 0.488 e. The molecule has 4 rings (SSSR count). The highest BCUT2D eigenvalue weighted by atomic mass is 16.5. The summed E-state index contributed by atoms with van der Waals surface area (Å²) >= 11 is 0. The summed E-state index contributed by atoms with van der Waals surface area (Å²) in [4.78, 5) is 12.7. The summed E-state index contributed by atoms with van der Waals surface area (Å²) in [6.07, 6.45) is 7.64. The van der Waals surface area contributed by atoms with E-state index in [1.165, 1.54) is 0 Å². The Morgan fingerprint density at radius 2 is 1.57 bits per heavy atom. The van der Waals surface area contributed by atoms with Crippen molar-refractivity contribution in [1.29, 1.82) is 0 Å². The second-order valence-electron chi connectivity index (χ2n) is 5.59. The molecule has 2 atom stereocenters. The fourth-order valence-electron chi connectivity index (χ4n) is 3.00. The van der Waals surface area contributed by atoms with Crippen molar-refractivity contribution in [1.82, 2.24) is 0 Å². The Balaban J connectivity index is 2.07. The SMILES string of the molecule is CC1Oc2c3c(c4c(c2C(=O)C1C)OCC=C4)OCC=C3. The molecule has 1 aromatic carbocycles. The molecular formula is C17H16O4. The Labute approximate surface area is 123 Å². The maximum absolute atomic E-state index is 12.7. The van der Waals surface area contributed by atoms with Gasteiger partial charge in [-0.15, -0.1) is 0 Å². The van der Waals surface area contributed by atoms with E-state index in [9.17, 15) is 4.79 Å². The Hall–Kier alpha value is -2.23. The van der Waals surface area contributed by atoms with Gasteiger partial charge >= 0.3 is 0 Å². The van der Waals surface area contributed by atoms with Crippen LogP contribution in [0.5, 0.6) is 17.2 Å². The van der Waals surface area contributed by atoms with Crippen molar-refractivity contribution in [2.24, 2.45) is 5.92 Å². The second kappa shape index (κ2) is 4.38. The molecular weight excluding hydrogens is 268 g/mol. The molecule has 0 saturated heterocycles. The van der Waals surface area contributed by atoms with Crippen LogP contribution in [0.2, 0.25) is 0 Å². The van der Waals surface area contributed by atoms with E-state index in [1.54, 1.807) is 0 Å². The number of ether oxygens (including phenoxy) is 3. The number of carbonyl (C=O) groups is 1. The van der Waals surface area contributed by atoms with Gasteiger partial charge in [0.25, 0.3) is 0 Å². The van der Waals surface area contributed by atoms with Gasteiger partial charge in [0.1, 0.15) is 42.1 Å². The van der Waals surface area contributed by atoms with E-state index in [2.05, 4.69) is 0 Å². The molecule has 0 aliphatic carbocycles. The molecule has 3 aliphatic rings. The van der Waals surface area contributed by atoms with Crippen LogP contribution in [0.15, 0.2) is 12.2 Å². The minimum Gasteiger partial charge on any atom is -0.488 e. The van der Waals surface area contributed by atoms with Gasteiger partial charge < -0.3 is 14.2 Å². The molecule has 0 amide bonds. The molecule has 3 heterocycles. The second-order valence-corrected chi connectivity index (χ2v) is 5.59. The van der Waals surface area contributed by atoms with Crippen LogP contribution in [0.4, 0.5) is 0 Å². The standard InChI is InChI=1S/C17H16O4/c1-9-10(2)21-17-12-6-4-7-19-15(12)11-5-3-8-20-16(11)13(17)14(9)18/h3-6,9-10H,7-8H2,1-2H3. The molecule has 4 nitrogen and oxygen atoms in total. The number of ketones is 1. The molecule has 0 aromatic heterocycles. The van der Waals surface area contributed by atoms with E-state index in [0.717, 1.165) is 16.9 Å². The van der Waals surface area contributed by atoms with Gasteiger partial charge in [-0.25, -0.2) is 0 Å². The highest BCUT2D eigenvalue weighted by Crippen LogP contribution is 2.50. The molecule has 4 heteroatoms. The van der Waals surface area contributed by atoms with Crippen LogP contribution in [0, 0.1) is 5.92 Å². The zero-order chi connectivity index (χ0) is 14.6. The van der Waals surface area contributed by atoms with Gasteiger partial charge in [-0.1, -0.05) is 6.92 Å². The third-order valence-electron chi connectivity index (χ3n) is 4.32. The van der Waals surface area contributed by atoms with Crippen LogP contribution in [0.3, 0.4) is 0 Å². The summed E-state index contributed by atoms with van der Waals surface area (Å²) in [6.45, 7) is 4.80. The van der Waals surface area contributed by atoms with Gasteiger partial charge in [-0.2, -0.15) is 0 Å². The molecule has 1 aromatic rings. The lowest BCUT2D eigenvalue weighted by Crippen LogP contribution is -2.35. The summed E-state index contributed by atoms with van der Waals surface area (Å²) in [6, 6.07) is 0. The smallest absolute Gasteiger partial charge is 0.176 e. The van der Waals surface area contributed by atoms with Gasteiger partial charge in [0.15, 0.2) is 5.78 Å². The Morgan fingerprint density at radius 3 is 2.29 bits per heavy atom. The lowest BCUT2D eigenvalue weighted by molar-refractivity contribution is 0.0721. The van der Waals surface area contributed by atoms with E-state index in [-0.39, 0.29) is 17.8 Å². The maximum atomic E-state index is 12.7. The lowest BCUT2D eigenvalue weighted by atomic mass is 9.86. The number of benzene rings is 1. The van der Waals surface area contributed by atoms with Crippen LogP contribution < -0.4 is 14.2 Å². The maximum Gasteiger partial charge on any atom is 0.176 e. The average molecular weight is 284 g/mol. The topological polar surface area (TPSA) is 44.8 Å². The predicted octanol–water partition coefficient (Wildman–Crippen LogP) is 3.10. The van der Waals surface area contributed by atoms with Gasteiger partial charge in [-0.3, -0.25) is 4.79 Å². The van der Waals surface area contributed by atoms with Gasteiger partial charge in [0.2, 0.25) is 0 Å². The summed E-state index contributed by atoms with van der Waals surface area (Å²) in [5, 5.41) is 0. The summed E-state index contributed by atoms with van der Waals surface area (Å²) < 4.78 is 17.5. The van der Waals surface area contributed by atoms with Crippen LogP contribution in [-0.4, -0.2) is 25.1 Å². The zero-order valence-electron chi connectivity index (χ0n) is 12.0. The predicted molar refractivity (Wildman–Crippen MR) is 79.1 cm³/mol. The van der Waals surface area contributed by atoms with Crippen molar-refractivity contribution < 1.29 is 19.0 Å². The van der Waals surface area contributed by atoms with Crippen molar-refractivity contribution in [2.45, 2.75) is 20.0 Å². The van der Waals surface area contributed by atoms with Crippen molar-refractivity contribution >= 4 is 17.9 Å². The number of hydrogen-bond acceptors (Lipinski definition) is 4. The van der Waals surface area contributed by atoms with Crippen molar-refractivity contribution in [3.05, 3.63) is 28.8 Å². The van der Waals surface area contributed by atoms with Crippen molar-refractivity contribution in [3.8, 4) is 17.2 Å². The lowest BCUT2D eigenvalue weighted by Gasteiger charge is -2.33. The van der Waals surface area contributed by atoms with Crippen LogP contribution >= 0.6 is 0 Å². The average Bonchev–Trinajstić information content (AvgIpc) is 2.52. The molecule has 21 heavy (non-hydrogen) atoms. The molecule has 0 fully saturated rings. The minimum absolute atomic E-state index is 0.0806. The molecule has 2 unspecified atom stereocenters. The quantitative estimate of drug-likeness (QED) is 0.734. The van der Waals surface area contributed by atoms with Crippen molar-refractivity contribution in [2.75, 3.05) is 13.2 Å². The summed E-state index contributed by atoms with van der Waals surface area (Å²) in [7, 11) is 0. The third kappa shape index (κ3) is 1.65. The minimum atomic E-state index is -0.178. The molecule has 0 spiro atoms. The number of fused-ring (bicyclic) bond motifs is 6. The Bertz CT molecular complexity index is 699. The van der Waals surface area contributed by atoms with E-state index in [0.29, 0.717) is 30.3 Å².